The second-order valence-corrected chi connectivity index (χ2v) is 7.94. The summed E-state index contributed by atoms with van der Waals surface area (Å²) in [7, 11) is 1.79. The highest BCUT2D eigenvalue weighted by Gasteiger charge is 2.40. The third-order valence-corrected chi connectivity index (χ3v) is 5.87. The van der Waals surface area contributed by atoms with E-state index in [-0.39, 0.29) is 0 Å². The Morgan fingerprint density at radius 2 is 2.00 bits per heavy atom. The molecule has 0 radical (unpaired) electrons. The minimum atomic E-state index is 0.473. The van der Waals surface area contributed by atoms with E-state index in [1.807, 2.05) is 13.0 Å². The van der Waals surface area contributed by atoms with Crippen molar-refractivity contribution in [2.75, 3.05) is 53.0 Å². The highest BCUT2D eigenvalue weighted by molar-refractivity contribution is 6.32. The summed E-state index contributed by atoms with van der Waals surface area (Å²) in [4.78, 5) is 5.18. The summed E-state index contributed by atoms with van der Waals surface area (Å²) in [6.07, 6.45) is 3.98. The van der Waals surface area contributed by atoms with Gasteiger partial charge in [0.1, 0.15) is 5.75 Å². The average molecular weight is 367 g/mol. The standard InChI is InChI=1S/C20H31ClN2O2/c1-3-25-19-6-5-17(13-18(19)21)14-23-10-8-20(16-23)7-4-9-22(15-20)11-12-24-2/h5-6,13H,3-4,7-12,14-16H2,1-2H3. The second kappa shape index (κ2) is 8.72. The third-order valence-electron chi connectivity index (χ3n) is 5.57. The van der Waals surface area contributed by atoms with Gasteiger partial charge >= 0.3 is 0 Å². The van der Waals surface area contributed by atoms with Crippen molar-refractivity contribution in [1.82, 2.24) is 9.80 Å². The van der Waals surface area contributed by atoms with Crippen LogP contribution in [0.25, 0.3) is 0 Å². The maximum Gasteiger partial charge on any atom is 0.137 e. The molecule has 0 amide bonds. The first kappa shape index (κ1) is 19.0. The monoisotopic (exact) mass is 366 g/mol. The molecule has 4 nitrogen and oxygen atoms in total. The maximum atomic E-state index is 6.34. The van der Waals surface area contributed by atoms with Gasteiger partial charge in [0.05, 0.1) is 18.2 Å². The number of nitrogens with zero attached hydrogens (tertiary/aromatic N) is 2. The molecule has 5 heteroatoms. The van der Waals surface area contributed by atoms with Crippen molar-refractivity contribution in [1.29, 1.82) is 0 Å². The van der Waals surface area contributed by atoms with Crippen molar-refractivity contribution in [3.63, 3.8) is 0 Å². The van der Waals surface area contributed by atoms with Crippen LogP contribution in [0.3, 0.4) is 0 Å². The van der Waals surface area contributed by atoms with Crippen LogP contribution in [0.4, 0.5) is 0 Å². The van der Waals surface area contributed by atoms with Crippen LogP contribution >= 0.6 is 11.6 Å². The first-order chi connectivity index (χ1) is 12.1. The van der Waals surface area contributed by atoms with Gasteiger partial charge < -0.3 is 14.4 Å². The molecule has 2 saturated heterocycles. The van der Waals surface area contributed by atoms with Crippen molar-refractivity contribution in [2.24, 2.45) is 5.41 Å². The molecule has 2 heterocycles. The Bertz CT molecular complexity index is 569. The number of benzene rings is 1. The zero-order chi connectivity index (χ0) is 17.7. The van der Waals surface area contributed by atoms with Gasteiger partial charge in [-0.1, -0.05) is 17.7 Å². The molecule has 0 aromatic heterocycles. The largest absolute Gasteiger partial charge is 0.492 e. The number of likely N-dealkylation sites (tertiary alicyclic amines) is 2. The Hall–Kier alpha value is -0.810. The molecule has 1 unspecified atom stereocenters. The first-order valence-corrected chi connectivity index (χ1v) is 9.87. The van der Waals surface area contributed by atoms with Gasteiger partial charge in [-0.05, 0) is 62.4 Å². The molecule has 1 aromatic rings. The third kappa shape index (κ3) is 4.88. The maximum absolute atomic E-state index is 6.34. The van der Waals surface area contributed by atoms with E-state index in [9.17, 15) is 0 Å². The second-order valence-electron chi connectivity index (χ2n) is 7.53. The first-order valence-electron chi connectivity index (χ1n) is 9.49. The Morgan fingerprint density at radius 1 is 1.16 bits per heavy atom. The number of ether oxygens (including phenoxy) is 2. The molecule has 0 N–H and O–H groups in total. The van der Waals surface area contributed by atoms with Crippen LogP contribution in [0.5, 0.6) is 5.75 Å². The summed E-state index contributed by atoms with van der Waals surface area (Å²) >= 11 is 6.34. The number of methoxy groups -OCH3 is 1. The van der Waals surface area contributed by atoms with E-state index in [0.717, 1.165) is 30.5 Å². The molecule has 2 fully saturated rings. The zero-order valence-corrected chi connectivity index (χ0v) is 16.4. The number of piperidine rings is 1. The quantitative estimate of drug-likeness (QED) is 0.735. The van der Waals surface area contributed by atoms with Gasteiger partial charge in [-0.2, -0.15) is 0 Å². The van der Waals surface area contributed by atoms with Crippen LogP contribution < -0.4 is 4.74 Å². The Kier molecular flexibility index (Phi) is 6.61. The van der Waals surface area contributed by atoms with E-state index in [4.69, 9.17) is 21.1 Å². The molecule has 0 bridgehead atoms. The normalized spacial score (nSPS) is 24.9. The van der Waals surface area contributed by atoms with Crippen LogP contribution in [0.1, 0.15) is 31.7 Å². The molecule has 25 heavy (non-hydrogen) atoms. The number of halogens is 1. The summed E-state index contributed by atoms with van der Waals surface area (Å²) in [5.74, 6) is 0.784. The predicted molar refractivity (Wildman–Crippen MR) is 102 cm³/mol. The van der Waals surface area contributed by atoms with E-state index in [2.05, 4.69) is 21.9 Å². The van der Waals surface area contributed by atoms with Crippen molar-refractivity contribution < 1.29 is 9.47 Å². The molecular weight excluding hydrogens is 336 g/mol. The van der Waals surface area contributed by atoms with Crippen LogP contribution in [0.2, 0.25) is 5.02 Å². The van der Waals surface area contributed by atoms with E-state index < -0.39 is 0 Å². The molecule has 3 rings (SSSR count). The summed E-state index contributed by atoms with van der Waals surface area (Å²) < 4.78 is 10.8. The van der Waals surface area contributed by atoms with Crippen LogP contribution in [0, 0.1) is 5.41 Å². The summed E-state index contributed by atoms with van der Waals surface area (Å²) in [5, 5.41) is 0.719. The minimum Gasteiger partial charge on any atom is -0.492 e. The van der Waals surface area contributed by atoms with Gasteiger partial charge in [0.15, 0.2) is 0 Å². The summed E-state index contributed by atoms with van der Waals surface area (Å²) in [6.45, 7) is 10.3. The average Bonchev–Trinajstić information content (AvgIpc) is 2.97. The van der Waals surface area contributed by atoms with Gasteiger partial charge in [-0.3, -0.25) is 4.90 Å². The number of hydrogen-bond donors (Lipinski definition) is 0. The lowest BCUT2D eigenvalue weighted by Gasteiger charge is -2.40. The fourth-order valence-corrected chi connectivity index (χ4v) is 4.65. The van der Waals surface area contributed by atoms with Gasteiger partial charge in [0.2, 0.25) is 0 Å². The predicted octanol–water partition coefficient (Wildman–Crippen LogP) is 3.67. The van der Waals surface area contributed by atoms with Gasteiger partial charge in [0, 0.05) is 33.3 Å². The molecule has 1 spiro atoms. The van der Waals surface area contributed by atoms with Crippen molar-refractivity contribution in [3.8, 4) is 5.75 Å². The molecule has 1 atom stereocenters. The van der Waals surface area contributed by atoms with E-state index in [1.165, 1.54) is 51.0 Å². The van der Waals surface area contributed by atoms with Crippen LogP contribution in [-0.4, -0.2) is 62.8 Å². The van der Waals surface area contributed by atoms with Gasteiger partial charge in [0.25, 0.3) is 0 Å². The Balaban J connectivity index is 1.56. The number of rotatable bonds is 7. The molecule has 0 saturated carbocycles. The van der Waals surface area contributed by atoms with Crippen molar-refractivity contribution in [2.45, 2.75) is 32.7 Å². The molecule has 2 aliphatic heterocycles. The summed E-state index contributed by atoms with van der Waals surface area (Å²) in [6, 6.07) is 6.21. The fraction of sp³-hybridized carbons (Fsp3) is 0.700. The SMILES string of the molecule is CCOc1ccc(CN2CCC3(CCCN(CCOC)C3)C2)cc1Cl. The molecule has 1 aromatic carbocycles. The smallest absolute Gasteiger partial charge is 0.137 e. The molecular formula is C20H31ClN2O2. The minimum absolute atomic E-state index is 0.473. The lowest BCUT2D eigenvalue weighted by atomic mass is 9.79. The van der Waals surface area contributed by atoms with Crippen LogP contribution in [0.15, 0.2) is 18.2 Å². The van der Waals surface area contributed by atoms with Gasteiger partial charge in [-0.25, -0.2) is 0 Å². The van der Waals surface area contributed by atoms with Crippen molar-refractivity contribution >= 4 is 11.6 Å². The van der Waals surface area contributed by atoms with E-state index in [1.54, 1.807) is 7.11 Å². The topological polar surface area (TPSA) is 24.9 Å². The van der Waals surface area contributed by atoms with Crippen molar-refractivity contribution in [3.05, 3.63) is 28.8 Å². The molecule has 140 valence electrons. The van der Waals surface area contributed by atoms with E-state index in [0.29, 0.717) is 12.0 Å². The Morgan fingerprint density at radius 3 is 2.76 bits per heavy atom. The zero-order valence-electron chi connectivity index (χ0n) is 15.6. The number of hydrogen-bond acceptors (Lipinski definition) is 4. The Labute approximate surface area is 157 Å². The summed E-state index contributed by atoms with van der Waals surface area (Å²) in [5.41, 5.74) is 1.75. The molecule has 0 aliphatic carbocycles. The fourth-order valence-electron chi connectivity index (χ4n) is 4.39. The van der Waals surface area contributed by atoms with Crippen LogP contribution in [-0.2, 0) is 11.3 Å². The van der Waals surface area contributed by atoms with Gasteiger partial charge in [-0.15, -0.1) is 0 Å². The molecule has 2 aliphatic rings. The lowest BCUT2D eigenvalue weighted by Crippen LogP contribution is -2.45. The highest BCUT2D eigenvalue weighted by Crippen LogP contribution is 2.39. The van der Waals surface area contributed by atoms with E-state index >= 15 is 0 Å². The highest BCUT2D eigenvalue weighted by atomic mass is 35.5. The lowest BCUT2D eigenvalue weighted by molar-refractivity contribution is 0.0673.